The highest BCUT2D eigenvalue weighted by molar-refractivity contribution is 14.1. The molecule has 0 spiro atoms. The van der Waals surface area contributed by atoms with E-state index in [1.807, 2.05) is 0 Å². The molecule has 0 aromatic heterocycles. The van der Waals surface area contributed by atoms with Crippen molar-refractivity contribution in [2.75, 3.05) is 6.54 Å². The highest BCUT2D eigenvalue weighted by atomic mass is 127. The Labute approximate surface area is 151 Å². The third-order valence-corrected chi connectivity index (χ3v) is 5.50. The summed E-state index contributed by atoms with van der Waals surface area (Å²) in [5.74, 6) is 0.375. The second-order valence-corrected chi connectivity index (χ2v) is 9.09. The summed E-state index contributed by atoms with van der Waals surface area (Å²) in [7, 11) is 0. The molecule has 128 valence electrons. The number of ketones is 1. The number of allylic oxidation sites excluding steroid dienone is 1. The number of carbonyl (C=O) groups excluding carboxylic acids is 1. The van der Waals surface area contributed by atoms with Crippen LogP contribution < -0.4 is 0 Å². The standard InChI is InChI=1S/C19H34INO/c1-5-6-7-8-9-10-11-12-18(22)17-15-21(16(2)20)14-13-19(17,3)4/h15-16H,5-14H2,1-4H3. The maximum atomic E-state index is 12.6. The van der Waals surface area contributed by atoms with Crippen molar-refractivity contribution < 1.29 is 4.79 Å². The van der Waals surface area contributed by atoms with E-state index in [-0.39, 0.29) is 5.41 Å². The van der Waals surface area contributed by atoms with Gasteiger partial charge in [0.1, 0.15) is 0 Å². The topological polar surface area (TPSA) is 20.3 Å². The fourth-order valence-corrected chi connectivity index (χ4v) is 3.50. The van der Waals surface area contributed by atoms with E-state index in [1.165, 1.54) is 38.5 Å². The largest absolute Gasteiger partial charge is 0.365 e. The van der Waals surface area contributed by atoms with Crippen LogP contribution in [0, 0.1) is 5.41 Å². The Morgan fingerprint density at radius 2 is 1.82 bits per heavy atom. The second kappa shape index (κ2) is 9.94. The molecule has 1 unspecified atom stereocenters. The van der Waals surface area contributed by atoms with E-state index in [0.29, 0.717) is 9.83 Å². The van der Waals surface area contributed by atoms with Crippen LogP contribution in [-0.4, -0.2) is 21.3 Å². The number of hydrogen-bond acceptors (Lipinski definition) is 2. The summed E-state index contributed by atoms with van der Waals surface area (Å²) in [6.07, 6.45) is 12.8. The van der Waals surface area contributed by atoms with Crippen LogP contribution in [0.15, 0.2) is 11.8 Å². The average Bonchev–Trinajstić information content (AvgIpc) is 2.45. The second-order valence-electron chi connectivity index (χ2n) is 7.28. The molecule has 0 aromatic carbocycles. The first kappa shape index (κ1) is 20.0. The molecule has 0 aromatic rings. The molecule has 0 radical (unpaired) electrons. The molecule has 0 N–H and O–H groups in total. The van der Waals surface area contributed by atoms with E-state index in [2.05, 4.69) is 61.4 Å². The lowest BCUT2D eigenvalue weighted by molar-refractivity contribution is -0.117. The van der Waals surface area contributed by atoms with Gasteiger partial charge in [0.05, 0.1) is 4.05 Å². The number of rotatable bonds is 10. The summed E-state index contributed by atoms with van der Waals surface area (Å²) in [4.78, 5) is 14.9. The van der Waals surface area contributed by atoms with E-state index in [9.17, 15) is 4.79 Å². The molecule has 1 heterocycles. The zero-order chi connectivity index (χ0) is 16.6. The third-order valence-electron chi connectivity index (χ3n) is 4.78. The highest BCUT2D eigenvalue weighted by Crippen LogP contribution is 2.37. The van der Waals surface area contributed by atoms with Gasteiger partial charge in [-0.25, -0.2) is 0 Å². The van der Waals surface area contributed by atoms with Crippen LogP contribution >= 0.6 is 22.6 Å². The van der Waals surface area contributed by atoms with Crippen LogP contribution in [0.5, 0.6) is 0 Å². The fraction of sp³-hybridized carbons (Fsp3) is 0.842. The van der Waals surface area contributed by atoms with Crippen LogP contribution in [-0.2, 0) is 4.79 Å². The van der Waals surface area contributed by atoms with E-state index in [4.69, 9.17) is 0 Å². The molecule has 1 aliphatic heterocycles. The van der Waals surface area contributed by atoms with Crippen LogP contribution in [0.1, 0.15) is 85.5 Å². The minimum absolute atomic E-state index is 0.0419. The van der Waals surface area contributed by atoms with Crippen molar-refractivity contribution in [1.29, 1.82) is 0 Å². The molecule has 1 atom stereocenters. The van der Waals surface area contributed by atoms with E-state index in [0.717, 1.165) is 31.4 Å². The van der Waals surface area contributed by atoms with Crippen molar-refractivity contribution in [3.8, 4) is 0 Å². The quantitative estimate of drug-likeness (QED) is 0.185. The molecule has 0 fully saturated rings. The highest BCUT2D eigenvalue weighted by Gasteiger charge is 2.33. The third kappa shape index (κ3) is 6.59. The lowest BCUT2D eigenvalue weighted by Crippen LogP contribution is -2.37. The molecule has 1 aliphatic rings. The number of halogens is 1. The van der Waals surface area contributed by atoms with Gasteiger partial charge in [0, 0.05) is 24.7 Å². The number of carbonyl (C=O) groups is 1. The van der Waals surface area contributed by atoms with Crippen molar-refractivity contribution in [1.82, 2.24) is 4.90 Å². The summed E-state index contributed by atoms with van der Waals surface area (Å²) in [5, 5.41) is 0. The van der Waals surface area contributed by atoms with Gasteiger partial charge in [0.15, 0.2) is 5.78 Å². The molecule has 1 rings (SSSR count). The van der Waals surface area contributed by atoms with Gasteiger partial charge in [0.2, 0.25) is 0 Å². The van der Waals surface area contributed by atoms with Crippen molar-refractivity contribution in [3.05, 3.63) is 11.8 Å². The Hall–Kier alpha value is -0.0600. The van der Waals surface area contributed by atoms with Crippen molar-refractivity contribution in [2.24, 2.45) is 5.41 Å². The Morgan fingerprint density at radius 1 is 1.23 bits per heavy atom. The molecular weight excluding hydrogens is 385 g/mol. The molecular formula is C19H34INO. The van der Waals surface area contributed by atoms with Crippen molar-refractivity contribution in [3.63, 3.8) is 0 Å². The number of nitrogens with zero attached hydrogens (tertiary/aromatic N) is 1. The maximum absolute atomic E-state index is 12.6. The van der Waals surface area contributed by atoms with Crippen molar-refractivity contribution >= 4 is 28.4 Å². The number of alkyl halides is 1. The molecule has 22 heavy (non-hydrogen) atoms. The van der Waals surface area contributed by atoms with Gasteiger partial charge in [0.25, 0.3) is 0 Å². The van der Waals surface area contributed by atoms with Crippen LogP contribution in [0.3, 0.4) is 0 Å². The van der Waals surface area contributed by atoms with Gasteiger partial charge in [-0.1, -0.05) is 81.9 Å². The van der Waals surface area contributed by atoms with Gasteiger partial charge < -0.3 is 4.90 Å². The predicted molar refractivity (Wildman–Crippen MR) is 104 cm³/mol. The SMILES string of the molecule is CCCCCCCCCC(=O)C1=CN(C(C)I)CCC1(C)C. The molecule has 3 heteroatoms. The van der Waals surface area contributed by atoms with Crippen LogP contribution in [0.2, 0.25) is 0 Å². The molecule has 2 nitrogen and oxygen atoms in total. The molecule has 0 saturated carbocycles. The number of Topliss-reactive ketones (excluding diaryl/α,β-unsaturated/α-hetero) is 1. The lowest BCUT2D eigenvalue weighted by Gasteiger charge is -2.38. The summed E-state index contributed by atoms with van der Waals surface area (Å²) in [6, 6.07) is 0. The minimum Gasteiger partial charge on any atom is -0.365 e. The first-order valence-corrected chi connectivity index (χ1v) is 10.3. The number of hydrogen-bond donors (Lipinski definition) is 0. The smallest absolute Gasteiger partial charge is 0.160 e. The Bertz CT molecular complexity index is 374. The zero-order valence-electron chi connectivity index (χ0n) is 15.0. The number of unbranched alkanes of at least 4 members (excludes halogenated alkanes) is 6. The average molecular weight is 419 g/mol. The Balaban J connectivity index is 2.42. The fourth-order valence-electron chi connectivity index (χ4n) is 3.06. The molecule has 0 saturated heterocycles. The first-order valence-electron chi connectivity index (χ1n) is 9.04. The van der Waals surface area contributed by atoms with Gasteiger partial charge in [-0.15, -0.1) is 0 Å². The summed E-state index contributed by atoms with van der Waals surface area (Å²) < 4.78 is 0.454. The van der Waals surface area contributed by atoms with E-state index in [1.54, 1.807) is 0 Å². The monoisotopic (exact) mass is 419 g/mol. The van der Waals surface area contributed by atoms with E-state index >= 15 is 0 Å². The summed E-state index contributed by atoms with van der Waals surface area (Å²) >= 11 is 2.43. The Kier molecular flexibility index (Phi) is 9.03. The molecule has 0 bridgehead atoms. The summed E-state index contributed by atoms with van der Waals surface area (Å²) in [5.41, 5.74) is 1.09. The maximum Gasteiger partial charge on any atom is 0.160 e. The minimum atomic E-state index is 0.0419. The molecule has 0 amide bonds. The van der Waals surface area contributed by atoms with Crippen LogP contribution in [0.25, 0.3) is 0 Å². The van der Waals surface area contributed by atoms with Gasteiger partial charge >= 0.3 is 0 Å². The van der Waals surface area contributed by atoms with Gasteiger partial charge in [-0.2, -0.15) is 0 Å². The van der Waals surface area contributed by atoms with Crippen LogP contribution in [0.4, 0.5) is 0 Å². The zero-order valence-corrected chi connectivity index (χ0v) is 17.1. The van der Waals surface area contributed by atoms with Gasteiger partial charge in [-0.05, 0) is 25.2 Å². The lowest BCUT2D eigenvalue weighted by atomic mass is 9.76. The summed E-state index contributed by atoms with van der Waals surface area (Å²) in [6.45, 7) is 9.94. The van der Waals surface area contributed by atoms with Gasteiger partial charge in [-0.3, -0.25) is 4.79 Å². The first-order chi connectivity index (χ1) is 10.4. The van der Waals surface area contributed by atoms with E-state index < -0.39 is 0 Å². The predicted octanol–water partition coefficient (Wildman–Crippen LogP) is 6.09. The van der Waals surface area contributed by atoms with Crippen molar-refractivity contribution in [2.45, 2.75) is 89.5 Å². The molecule has 0 aliphatic carbocycles. The normalized spacial score (nSPS) is 19.0. The Morgan fingerprint density at radius 3 is 2.41 bits per heavy atom.